The lowest BCUT2D eigenvalue weighted by molar-refractivity contribution is -0.168. The van der Waals surface area contributed by atoms with Crippen LogP contribution >= 0.6 is 0 Å². The Bertz CT molecular complexity index is 1310. The maximum atomic E-state index is 14.2. The fourth-order valence-electron chi connectivity index (χ4n) is 5.24. The molecule has 3 aromatic carbocycles. The molecule has 8 heteroatoms. The number of nitrogens with zero attached hydrogens (tertiary/aromatic N) is 1. The van der Waals surface area contributed by atoms with Crippen molar-refractivity contribution in [3.05, 3.63) is 95.1 Å². The van der Waals surface area contributed by atoms with Crippen LogP contribution in [0.25, 0.3) is 0 Å². The first-order chi connectivity index (χ1) is 19.5. The van der Waals surface area contributed by atoms with Gasteiger partial charge in [-0.3, -0.25) is 4.79 Å². The van der Waals surface area contributed by atoms with Crippen molar-refractivity contribution in [1.29, 1.82) is 0 Å². The average molecular weight is 546 g/mol. The van der Waals surface area contributed by atoms with Crippen LogP contribution in [0.3, 0.4) is 0 Å². The molecule has 0 bridgehead atoms. The van der Waals surface area contributed by atoms with Crippen LogP contribution in [0.1, 0.15) is 48.1 Å². The molecule has 40 heavy (non-hydrogen) atoms. The molecule has 0 spiro atoms. The van der Waals surface area contributed by atoms with Crippen LogP contribution in [0.2, 0.25) is 0 Å². The second-order valence-electron chi connectivity index (χ2n) is 10.1. The van der Waals surface area contributed by atoms with Gasteiger partial charge >= 0.3 is 5.97 Å². The molecular formula is C32H35NO7. The molecule has 2 aliphatic rings. The van der Waals surface area contributed by atoms with Gasteiger partial charge in [-0.05, 0) is 42.5 Å². The molecule has 1 heterocycles. The van der Waals surface area contributed by atoms with E-state index in [2.05, 4.69) is 0 Å². The van der Waals surface area contributed by atoms with Crippen molar-refractivity contribution in [3.63, 3.8) is 0 Å². The lowest BCUT2D eigenvalue weighted by atomic mass is 9.90. The summed E-state index contributed by atoms with van der Waals surface area (Å²) in [6.45, 7) is 2.45. The quantitative estimate of drug-likeness (QED) is 0.378. The largest absolute Gasteiger partial charge is 0.493 e. The molecule has 5 rings (SSSR count). The minimum absolute atomic E-state index is 0.184. The molecular weight excluding hydrogens is 510 g/mol. The molecule has 0 saturated heterocycles. The molecule has 210 valence electrons. The SMILES string of the molecule is CCOC(=O)[C@@H]1Cc2c(ccc(OC)c2OCc2ccccc2)CN1C(=O)C(OC1CC(O)C1)c1ccccc1. The number of rotatable bonds is 10. The van der Waals surface area contributed by atoms with Gasteiger partial charge in [0.15, 0.2) is 17.6 Å². The number of methoxy groups -OCH3 is 1. The lowest BCUT2D eigenvalue weighted by Gasteiger charge is -2.40. The van der Waals surface area contributed by atoms with E-state index >= 15 is 0 Å². The molecule has 1 fully saturated rings. The topological polar surface area (TPSA) is 94.5 Å². The van der Waals surface area contributed by atoms with Gasteiger partial charge in [-0.25, -0.2) is 4.79 Å². The van der Waals surface area contributed by atoms with Gasteiger partial charge in [0.2, 0.25) is 0 Å². The number of fused-ring (bicyclic) bond motifs is 1. The lowest BCUT2D eigenvalue weighted by Crippen LogP contribution is -2.52. The normalized spacial score (nSPS) is 20.6. The molecule has 3 aromatic rings. The zero-order valence-corrected chi connectivity index (χ0v) is 22.8. The van der Waals surface area contributed by atoms with E-state index in [4.69, 9.17) is 18.9 Å². The molecule has 8 nitrogen and oxygen atoms in total. The highest BCUT2D eigenvalue weighted by Gasteiger charge is 2.42. The Balaban J connectivity index is 1.48. The van der Waals surface area contributed by atoms with Gasteiger partial charge in [0.25, 0.3) is 5.91 Å². The van der Waals surface area contributed by atoms with E-state index in [-0.39, 0.29) is 31.6 Å². The molecule has 0 aromatic heterocycles. The first-order valence-electron chi connectivity index (χ1n) is 13.7. The van der Waals surface area contributed by atoms with Crippen LogP contribution in [0.5, 0.6) is 11.5 Å². The van der Waals surface area contributed by atoms with Gasteiger partial charge < -0.3 is 29.0 Å². The number of benzene rings is 3. The van der Waals surface area contributed by atoms with Crippen molar-refractivity contribution in [3.8, 4) is 11.5 Å². The van der Waals surface area contributed by atoms with E-state index in [1.165, 1.54) is 0 Å². The third-order valence-electron chi connectivity index (χ3n) is 7.45. The molecule has 1 N–H and O–H groups in total. The van der Waals surface area contributed by atoms with Crippen molar-refractivity contribution < 1.29 is 33.6 Å². The van der Waals surface area contributed by atoms with Crippen LogP contribution in [-0.2, 0) is 38.6 Å². The monoisotopic (exact) mass is 545 g/mol. The first-order valence-corrected chi connectivity index (χ1v) is 13.7. The number of aliphatic hydroxyl groups excluding tert-OH is 1. The Labute approximate surface area is 234 Å². The zero-order valence-electron chi connectivity index (χ0n) is 22.8. The standard InChI is InChI=1S/C32H35NO7/c1-3-38-32(36)27-18-26-23(14-15-28(37-2)30(26)39-20-21-10-6-4-7-11-21)19-33(27)31(35)29(22-12-8-5-9-13-22)40-25-16-24(34)17-25/h4-15,24-25,27,29,34H,3,16-20H2,1-2H3/t24?,25?,27-,29?/m0/s1. The summed E-state index contributed by atoms with van der Waals surface area (Å²) < 4.78 is 23.6. The first kappa shape index (κ1) is 27.7. The van der Waals surface area contributed by atoms with Crippen LogP contribution in [0, 0.1) is 0 Å². The number of carbonyl (C=O) groups is 2. The second kappa shape index (κ2) is 12.5. The minimum atomic E-state index is -0.913. The van der Waals surface area contributed by atoms with Crippen molar-refractivity contribution in [2.75, 3.05) is 13.7 Å². The Kier molecular flexibility index (Phi) is 8.67. The van der Waals surface area contributed by atoms with Gasteiger partial charge in [-0.1, -0.05) is 66.7 Å². The maximum Gasteiger partial charge on any atom is 0.329 e. The van der Waals surface area contributed by atoms with Crippen molar-refractivity contribution in [2.24, 2.45) is 0 Å². The van der Waals surface area contributed by atoms with Crippen molar-refractivity contribution in [1.82, 2.24) is 4.90 Å². The molecule has 1 unspecified atom stereocenters. The van der Waals surface area contributed by atoms with Gasteiger partial charge in [0.1, 0.15) is 12.6 Å². The Morgan fingerprint density at radius 1 is 1.00 bits per heavy atom. The van der Waals surface area contributed by atoms with E-state index in [0.717, 1.165) is 16.7 Å². The second-order valence-corrected chi connectivity index (χ2v) is 10.1. The van der Waals surface area contributed by atoms with Gasteiger partial charge in [0.05, 0.1) is 25.9 Å². The highest BCUT2D eigenvalue weighted by atomic mass is 16.5. The number of ether oxygens (including phenoxy) is 4. The summed E-state index contributed by atoms with van der Waals surface area (Å²) in [6.07, 6.45) is -0.403. The van der Waals surface area contributed by atoms with Crippen LogP contribution < -0.4 is 9.47 Å². The molecule has 0 radical (unpaired) electrons. The van der Waals surface area contributed by atoms with Gasteiger partial charge in [-0.2, -0.15) is 0 Å². The Morgan fingerprint density at radius 3 is 2.35 bits per heavy atom. The third-order valence-corrected chi connectivity index (χ3v) is 7.45. The summed E-state index contributed by atoms with van der Waals surface area (Å²) in [5.74, 6) is 0.318. The van der Waals surface area contributed by atoms with Crippen molar-refractivity contribution >= 4 is 11.9 Å². The van der Waals surface area contributed by atoms with E-state index < -0.39 is 24.2 Å². The summed E-state index contributed by atoms with van der Waals surface area (Å²) in [5, 5.41) is 9.80. The predicted molar refractivity (Wildman–Crippen MR) is 148 cm³/mol. The molecule has 1 aliphatic carbocycles. The van der Waals surface area contributed by atoms with Gasteiger partial charge in [0, 0.05) is 18.5 Å². The molecule has 1 aliphatic heterocycles. The minimum Gasteiger partial charge on any atom is -0.493 e. The molecule has 2 atom stereocenters. The van der Waals surface area contributed by atoms with E-state index in [1.807, 2.05) is 72.8 Å². The van der Waals surface area contributed by atoms with Crippen LogP contribution in [0.4, 0.5) is 0 Å². The predicted octanol–water partition coefficient (Wildman–Crippen LogP) is 4.37. The van der Waals surface area contributed by atoms with E-state index in [1.54, 1.807) is 18.9 Å². The smallest absolute Gasteiger partial charge is 0.329 e. The van der Waals surface area contributed by atoms with Crippen LogP contribution in [0.15, 0.2) is 72.8 Å². The highest BCUT2D eigenvalue weighted by Crippen LogP contribution is 2.40. The third kappa shape index (κ3) is 5.98. The van der Waals surface area contributed by atoms with E-state index in [0.29, 0.717) is 36.5 Å². The number of aliphatic hydroxyl groups is 1. The van der Waals surface area contributed by atoms with Crippen molar-refractivity contribution in [2.45, 2.75) is 63.7 Å². The number of hydrogen-bond donors (Lipinski definition) is 1. The number of hydrogen-bond acceptors (Lipinski definition) is 7. The fraction of sp³-hybridized carbons (Fsp3) is 0.375. The van der Waals surface area contributed by atoms with Gasteiger partial charge in [-0.15, -0.1) is 0 Å². The molecule has 1 saturated carbocycles. The average Bonchev–Trinajstić information content (AvgIpc) is 2.97. The molecule has 1 amide bonds. The number of esters is 1. The highest BCUT2D eigenvalue weighted by molar-refractivity contribution is 5.89. The summed E-state index contributed by atoms with van der Waals surface area (Å²) in [5.41, 5.74) is 3.38. The summed E-state index contributed by atoms with van der Waals surface area (Å²) in [7, 11) is 1.58. The zero-order chi connectivity index (χ0) is 28.1. The Hall–Kier alpha value is -3.88. The Morgan fingerprint density at radius 2 is 1.70 bits per heavy atom. The van der Waals surface area contributed by atoms with E-state index in [9.17, 15) is 14.7 Å². The summed E-state index contributed by atoms with van der Waals surface area (Å²) >= 11 is 0. The van der Waals surface area contributed by atoms with Crippen LogP contribution in [-0.4, -0.2) is 53.8 Å². The summed E-state index contributed by atoms with van der Waals surface area (Å²) in [4.78, 5) is 29.0. The fourth-order valence-corrected chi connectivity index (χ4v) is 5.24. The maximum absolute atomic E-state index is 14.2. The summed E-state index contributed by atoms with van der Waals surface area (Å²) in [6, 6.07) is 21.9. The number of amides is 1. The number of carbonyl (C=O) groups excluding carboxylic acids is 2.